The SMILES string of the molecule is CC1(C)c2ccccc2-c2ccc(-c3ccc(N(c4ccc(-c5cccc6c5C(C)(C)c5ccccc5-6)cc4)c4ccc5ccccc5c4-c4ccccc4)cc3)cc21. The standard InChI is InChI=1S/C58H45N/c1-57(2)51-23-12-10-19-47(51)49-35-29-42(37-53(49)57)38-25-31-43(32-26-38)59(54-36-30-39-15-8-9-18-45(39)55(54)41-16-6-5-7-17-41)44-33-27-40(28-34-44)46-21-14-22-50-48-20-11-13-24-52(48)58(3,4)56(46)50/h5-37H,1-4H3. The molecule has 11 rings (SSSR count). The summed E-state index contributed by atoms with van der Waals surface area (Å²) < 4.78 is 0. The minimum atomic E-state index is -0.0940. The number of hydrogen-bond acceptors (Lipinski definition) is 1. The van der Waals surface area contributed by atoms with Crippen LogP contribution in [-0.2, 0) is 10.8 Å². The molecular weight excluding hydrogens is 711 g/mol. The normalized spacial score (nSPS) is 14.0. The molecule has 0 atom stereocenters. The maximum atomic E-state index is 2.44. The third-order valence-corrected chi connectivity index (χ3v) is 13.3. The Morgan fingerprint density at radius 3 is 1.61 bits per heavy atom. The summed E-state index contributed by atoms with van der Waals surface area (Å²) in [5, 5.41) is 2.46. The Bertz CT molecular complexity index is 3080. The summed E-state index contributed by atoms with van der Waals surface area (Å²) in [4.78, 5) is 2.44. The molecule has 0 spiro atoms. The Kier molecular flexibility index (Phi) is 7.94. The Balaban J connectivity index is 1.05. The zero-order valence-corrected chi connectivity index (χ0v) is 34.0. The minimum Gasteiger partial charge on any atom is -0.310 e. The molecule has 0 fully saturated rings. The van der Waals surface area contributed by atoms with Crippen LogP contribution in [-0.4, -0.2) is 0 Å². The number of rotatable bonds is 6. The van der Waals surface area contributed by atoms with Crippen molar-refractivity contribution in [3.05, 3.63) is 222 Å². The highest BCUT2D eigenvalue weighted by Gasteiger charge is 2.38. The van der Waals surface area contributed by atoms with Crippen LogP contribution in [0.5, 0.6) is 0 Å². The molecule has 0 bridgehead atoms. The Hall–Kier alpha value is -6.96. The van der Waals surface area contributed by atoms with Crippen molar-refractivity contribution >= 4 is 27.8 Å². The maximum absolute atomic E-state index is 2.44. The van der Waals surface area contributed by atoms with Crippen LogP contribution in [0, 0.1) is 0 Å². The first kappa shape index (κ1) is 35.2. The van der Waals surface area contributed by atoms with Gasteiger partial charge in [0.2, 0.25) is 0 Å². The van der Waals surface area contributed by atoms with E-state index in [1.54, 1.807) is 0 Å². The molecule has 0 unspecified atom stereocenters. The van der Waals surface area contributed by atoms with Crippen LogP contribution < -0.4 is 4.90 Å². The fourth-order valence-electron chi connectivity index (χ4n) is 10.3. The van der Waals surface area contributed by atoms with Crippen molar-refractivity contribution in [3.63, 3.8) is 0 Å². The van der Waals surface area contributed by atoms with Gasteiger partial charge in [-0.2, -0.15) is 0 Å². The van der Waals surface area contributed by atoms with Gasteiger partial charge >= 0.3 is 0 Å². The summed E-state index contributed by atoms with van der Waals surface area (Å²) in [5.41, 5.74) is 21.6. The summed E-state index contributed by atoms with van der Waals surface area (Å²) in [6, 6.07) is 74.2. The molecule has 9 aromatic carbocycles. The molecule has 1 heteroatoms. The van der Waals surface area contributed by atoms with Gasteiger partial charge in [0, 0.05) is 27.8 Å². The van der Waals surface area contributed by atoms with Crippen LogP contribution in [0.1, 0.15) is 49.9 Å². The van der Waals surface area contributed by atoms with Gasteiger partial charge in [-0.3, -0.25) is 0 Å². The third kappa shape index (κ3) is 5.45. The summed E-state index contributed by atoms with van der Waals surface area (Å²) in [6.45, 7) is 9.45. The van der Waals surface area contributed by atoms with E-state index < -0.39 is 0 Å². The highest BCUT2D eigenvalue weighted by atomic mass is 15.1. The van der Waals surface area contributed by atoms with Crippen LogP contribution >= 0.6 is 0 Å². The molecule has 0 aromatic heterocycles. The predicted octanol–water partition coefficient (Wildman–Crippen LogP) is 15.9. The molecular formula is C58H45N. The second-order valence-electron chi connectivity index (χ2n) is 17.3. The quantitative estimate of drug-likeness (QED) is 0.163. The average Bonchev–Trinajstić information content (AvgIpc) is 3.66. The predicted molar refractivity (Wildman–Crippen MR) is 250 cm³/mol. The highest BCUT2D eigenvalue weighted by molar-refractivity contribution is 6.05. The molecule has 0 N–H and O–H groups in total. The number of fused-ring (bicyclic) bond motifs is 7. The summed E-state index contributed by atoms with van der Waals surface area (Å²) in [7, 11) is 0. The number of nitrogens with zero attached hydrogens (tertiary/aromatic N) is 1. The van der Waals surface area contributed by atoms with Crippen molar-refractivity contribution in [2.45, 2.75) is 38.5 Å². The number of benzene rings is 9. The lowest BCUT2D eigenvalue weighted by molar-refractivity contribution is 0.660. The molecule has 0 radical (unpaired) electrons. The Morgan fingerprint density at radius 2 is 0.881 bits per heavy atom. The first-order valence-corrected chi connectivity index (χ1v) is 20.8. The smallest absolute Gasteiger partial charge is 0.0546 e. The van der Waals surface area contributed by atoms with Crippen molar-refractivity contribution in [2.75, 3.05) is 4.90 Å². The van der Waals surface area contributed by atoms with Gasteiger partial charge in [0.05, 0.1) is 5.69 Å². The molecule has 0 saturated heterocycles. The fourth-order valence-corrected chi connectivity index (χ4v) is 10.3. The molecule has 2 aliphatic rings. The van der Waals surface area contributed by atoms with Gasteiger partial charge in [-0.05, 0) is 119 Å². The molecule has 0 amide bonds. The lowest BCUT2D eigenvalue weighted by Gasteiger charge is -2.29. The molecule has 0 aliphatic heterocycles. The highest BCUT2D eigenvalue weighted by Crippen LogP contribution is 2.53. The molecule has 59 heavy (non-hydrogen) atoms. The van der Waals surface area contributed by atoms with Crippen molar-refractivity contribution in [1.29, 1.82) is 0 Å². The van der Waals surface area contributed by atoms with Crippen molar-refractivity contribution in [1.82, 2.24) is 0 Å². The molecule has 9 aromatic rings. The monoisotopic (exact) mass is 755 g/mol. The van der Waals surface area contributed by atoms with E-state index in [-0.39, 0.29) is 10.8 Å². The maximum Gasteiger partial charge on any atom is 0.0546 e. The minimum absolute atomic E-state index is 0.0473. The van der Waals surface area contributed by atoms with Gasteiger partial charge in [0.1, 0.15) is 0 Å². The molecule has 0 heterocycles. The van der Waals surface area contributed by atoms with Crippen molar-refractivity contribution in [2.24, 2.45) is 0 Å². The van der Waals surface area contributed by atoms with E-state index in [4.69, 9.17) is 0 Å². The second-order valence-corrected chi connectivity index (χ2v) is 17.3. The Labute approximate surface area is 347 Å². The molecule has 1 nitrogen and oxygen atoms in total. The van der Waals surface area contributed by atoms with Crippen LogP contribution in [0.2, 0.25) is 0 Å². The van der Waals surface area contributed by atoms with Gasteiger partial charge in [-0.25, -0.2) is 0 Å². The van der Waals surface area contributed by atoms with E-state index >= 15 is 0 Å². The molecule has 282 valence electrons. The van der Waals surface area contributed by atoms with Crippen molar-refractivity contribution < 1.29 is 0 Å². The van der Waals surface area contributed by atoms with Gasteiger partial charge in [-0.15, -0.1) is 0 Å². The largest absolute Gasteiger partial charge is 0.310 e. The van der Waals surface area contributed by atoms with Crippen LogP contribution in [0.4, 0.5) is 17.1 Å². The van der Waals surface area contributed by atoms with Gasteiger partial charge in [0.15, 0.2) is 0 Å². The van der Waals surface area contributed by atoms with Gasteiger partial charge in [0.25, 0.3) is 0 Å². The second kappa shape index (κ2) is 13.3. The fraction of sp³-hybridized carbons (Fsp3) is 0.103. The van der Waals surface area contributed by atoms with E-state index in [9.17, 15) is 0 Å². The first-order chi connectivity index (χ1) is 28.8. The summed E-state index contributed by atoms with van der Waals surface area (Å²) >= 11 is 0. The van der Waals surface area contributed by atoms with E-state index in [0.717, 1.165) is 17.1 Å². The summed E-state index contributed by atoms with van der Waals surface area (Å²) in [6.07, 6.45) is 0. The zero-order chi connectivity index (χ0) is 39.9. The van der Waals surface area contributed by atoms with E-state index in [1.807, 2.05) is 0 Å². The average molecular weight is 756 g/mol. The van der Waals surface area contributed by atoms with Crippen molar-refractivity contribution in [3.8, 4) is 55.6 Å². The van der Waals surface area contributed by atoms with E-state index in [1.165, 1.54) is 88.7 Å². The topological polar surface area (TPSA) is 3.24 Å². The number of anilines is 3. The lowest BCUT2D eigenvalue weighted by atomic mass is 9.79. The van der Waals surface area contributed by atoms with Crippen LogP contribution in [0.25, 0.3) is 66.4 Å². The molecule has 0 saturated carbocycles. The first-order valence-electron chi connectivity index (χ1n) is 20.8. The van der Waals surface area contributed by atoms with Gasteiger partial charge in [-0.1, -0.05) is 191 Å². The van der Waals surface area contributed by atoms with Crippen LogP contribution in [0.15, 0.2) is 200 Å². The third-order valence-electron chi connectivity index (χ3n) is 13.3. The number of hydrogen-bond donors (Lipinski definition) is 0. The molecule has 2 aliphatic carbocycles. The van der Waals surface area contributed by atoms with E-state index in [2.05, 4.69) is 233 Å². The zero-order valence-electron chi connectivity index (χ0n) is 34.0. The van der Waals surface area contributed by atoms with Gasteiger partial charge < -0.3 is 4.90 Å². The van der Waals surface area contributed by atoms with E-state index in [0.29, 0.717) is 0 Å². The lowest BCUT2D eigenvalue weighted by Crippen LogP contribution is -2.16. The Morgan fingerprint density at radius 1 is 0.339 bits per heavy atom. The van der Waals surface area contributed by atoms with Crippen LogP contribution in [0.3, 0.4) is 0 Å². The summed E-state index contributed by atoms with van der Waals surface area (Å²) in [5.74, 6) is 0.